The van der Waals surface area contributed by atoms with Crippen LogP contribution in [0.3, 0.4) is 0 Å². The van der Waals surface area contributed by atoms with Gasteiger partial charge in [-0.15, -0.1) is 0 Å². The predicted molar refractivity (Wildman–Crippen MR) is 67.8 cm³/mol. The van der Waals surface area contributed by atoms with Crippen molar-refractivity contribution in [2.75, 3.05) is 11.9 Å². The zero-order valence-electron chi connectivity index (χ0n) is 10.3. The van der Waals surface area contributed by atoms with Gasteiger partial charge in [-0.2, -0.15) is 10.4 Å². The van der Waals surface area contributed by atoms with Crippen molar-refractivity contribution >= 4 is 17.5 Å². The summed E-state index contributed by atoms with van der Waals surface area (Å²) in [6, 6.07) is 4.99. The molecule has 0 aliphatic carbocycles. The van der Waals surface area contributed by atoms with Gasteiger partial charge in [0.05, 0.1) is 24.4 Å². The Labute approximate surface area is 113 Å². The number of aromatic amines is 1. The third kappa shape index (κ3) is 3.02. The lowest BCUT2D eigenvalue weighted by molar-refractivity contribution is 0.0950. The molecule has 8 nitrogen and oxygen atoms in total. The first-order chi connectivity index (χ1) is 9.72. The van der Waals surface area contributed by atoms with Crippen LogP contribution in [0.25, 0.3) is 0 Å². The topological polar surface area (TPSA) is 124 Å². The fourth-order valence-corrected chi connectivity index (χ4v) is 1.47. The lowest BCUT2D eigenvalue weighted by Crippen LogP contribution is -2.26. The fourth-order valence-electron chi connectivity index (χ4n) is 1.47. The van der Waals surface area contributed by atoms with E-state index in [9.17, 15) is 9.59 Å². The Morgan fingerprint density at radius 1 is 1.45 bits per heavy atom. The number of nitrogens with one attached hydrogen (secondary N) is 3. The monoisotopic (exact) mass is 273 g/mol. The summed E-state index contributed by atoms with van der Waals surface area (Å²) < 4.78 is 4.94. The van der Waals surface area contributed by atoms with Gasteiger partial charge >= 0.3 is 0 Å². The van der Waals surface area contributed by atoms with E-state index in [1.807, 2.05) is 6.07 Å². The first-order valence-corrected chi connectivity index (χ1v) is 5.76. The van der Waals surface area contributed by atoms with Gasteiger partial charge in [-0.25, -0.2) is 0 Å². The molecule has 0 saturated carbocycles. The predicted octanol–water partition coefficient (Wildman–Crippen LogP) is 0.898. The van der Waals surface area contributed by atoms with Crippen LogP contribution >= 0.6 is 0 Å². The number of carbonyl (C=O) groups excluding carboxylic acids is 2. The maximum atomic E-state index is 11.8. The van der Waals surface area contributed by atoms with Crippen molar-refractivity contribution in [2.45, 2.75) is 6.42 Å². The van der Waals surface area contributed by atoms with Crippen LogP contribution in [0.15, 0.2) is 29.0 Å². The molecule has 8 heteroatoms. The lowest BCUT2D eigenvalue weighted by Gasteiger charge is -2.04. The Hall–Kier alpha value is -3.08. The van der Waals surface area contributed by atoms with E-state index in [0.717, 1.165) is 0 Å². The Balaban J connectivity index is 2.03. The first-order valence-electron chi connectivity index (χ1n) is 5.76. The second-order valence-electron chi connectivity index (χ2n) is 3.74. The van der Waals surface area contributed by atoms with Crippen molar-refractivity contribution in [3.63, 3.8) is 0 Å². The molecule has 0 aromatic carbocycles. The molecule has 2 aromatic rings. The van der Waals surface area contributed by atoms with Gasteiger partial charge in [-0.3, -0.25) is 14.7 Å². The normalized spacial score (nSPS) is 9.75. The van der Waals surface area contributed by atoms with Crippen LogP contribution in [-0.4, -0.2) is 28.6 Å². The fraction of sp³-hybridized carbons (Fsp3) is 0.167. The van der Waals surface area contributed by atoms with E-state index in [-0.39, 0.29) is 30.1 Å². The zero-order valence-corrected chi connectivity index (χ0v) is 10.3. The van der Waals surface area contributed by atoms with E-state index in [4.69, 9.17) is 9.68 Å². The van der Waals surface area contributed by atoms with Gasteiger partial charge in [-0.05, 0) is 12.1 Å². The molecule has 0 bridgehead atoms. The summed E-state index contributed by atoms with van der Waals surface area (Å²) in [5, 5.41) is 19.7. The van der Waals surface area contributed by atoms with Crippen molar-refractivity contribution in [1.82, 2.24) is 15.5 Å². The number of nitriles is 1. The summed E-state index contributed by atoms with van der Waals surface area (Å²) in [6.07, 6.45) is 2.96. The largest absolute Gasteiger partial charge is 0.459 e. The molecule has 0 atom stereocenters. The van der Waals surface area contributed by atoms with Crippen LogP contribution in [0.4, 0.5) is 5.69 Å². The molecular weight excluding hydrogens is 262 g/mol. The number of hydrogen-bond donors (Lipinski definition) is 3. The maximum Gasteiger partial charge on any atom is 0.291 e. The summed E-state index contributed by atoms with van der Waals surface area (Å²) in [5.41, 5.74) is 0.281. The standard InChI is InChI=1S/C12H11N5O3/c13-4-2-5-14-12(19)10-8(7-15-17-10)16-11(18)9-3-1-6-20-9/h1,3,6-7H,2,5H2,(H,14,19)(H,15,17)(H,16,18). The Bertz CT molecular complexity index is 638. The summed E-state index contributed by atoms with van der Waals surface area (Å²) >= 11 is 0. The van der Waals surface area contributed by atoms with Crippen LogP contribution in [0.2, 0.25) is 0 Å². The van der Waals surface area contributed by atoms with Gasteiger partial charge in [-0.1, -0.05) is 0 Å². The summed E-state index contributed by atoms with van der Waals surface area (Å²) in [4.78, 5) is 23.6. The third-order valence-electron chi connectivity index (χ3n) is 2.37. The van der Waals surface area contributed by atoms with Crippen LogP contribution in [0, 0.1) is 11.3 Å². The first kappa shape index (κ1) is 13.4. The van der Waals surface area contributed by atoms with E-state index in [1.54, 1.807) is 6.07 Å². The Morgan fingerprint density at radius 2 is 2.30 bits per heavy atom. The highest BCUT2D eigenvalue weighted by atomic mass is 16.3. The van der Waals surface area contributed by atoms with Gasteiger partial charge < -0.3 is 15.1 Å². The molecule has 2 aromatic heterocycles. The number of carbonyl (C=O) groups is 2. The van der Waals surface area contributed by atoms with Crippen molar-refractivity contribution in [3.8, 4) is 6.07 Å². The quantitative estimate of drug-likeness (QED) is 0.698. The molecule has 20 heavy (non-hydrogen) atoms. The number of furan rings is 1. The average Bonchev–Trinajstić information content (AvgIpc) is 3.09. The van der Waals surface area contributed by atoms with Crippen molar-refractivity contribution in [2.24, 2.45) is 0 Å². The minimum absolute atomic E-state index is 0.0443. The average molecular weight is 273 g/mol. The second-order valence-corrected chi connectivity index (χ2v) is 3.74. The number of rotatable bonds is 5. The van der Waals surface area contributed by atoms with Crippen molar-refractivity contribution < 1.29 is 14.0 Å². The number of aromatic nitrogens is 2. The molecule has 0 aliphatic rings. The molecule has 2 heterocycles. The van der Waals surface area contributed by atoms with E-state index in [0.29, 0.717) is 0 Å². The summed E-state index contributed by atoms with van der Waals surface area (Å²) in [6.45, 7) is 0.216. The van der Waals surface area contributed by atoms with Crippen molar-refractivity contribution in [3.05, 3.63) is 36.0 Å². The molecule has 0 spiro atoms. The molecule has 3 N–H and O–H groups in total. The van der Waals surface area contributed by atoms with Gasteiger partial charge in [0, 0.05) is 12.7 Å². The second kappa shape index (κ2) is 6.19. The van der Waals surface area contributed by atoms with Crippen LogP contribution in [-0.2, 0) is 0 Å². The van der Waals surface area contributed by atoms with Gasteiger partial charge in [0.25, 0.3) is 11.8 Å². The smallest absolute Gasteiger partial charge is 0.291 e. The third-order valence-corrected chi connectivity index (χ3v) is 2.37. The highest BCUT2D eigenvalue weighted by Gasteiger charge is 2.17. The molecule has 0 saturated heterocycles. The SMILES string of the molecule is N#CCCNC(=O)c1n[nH]cc1NC(=O)c1ccco1. The molecule has 0 fully saturated rings. The number of hydrogen-bond acceptors (Lipinski definition) is 5. The molecule has 0 radical (unpaired) electrons. The van der Waals surface area contributed by atoms with Gasteiger partial charge in [0.1, 0.15) is 0 Å². The molecule has 2 amide bonds. The Kier molecular flexibility index (Phi) is 4.14. The van der Waals surface area contributed by atoms with E-state index in [1.165, 1.54) is 18.5 Å². The minimum atomic E-state index is -0.484. The van der Waals surface area contributed by atoms with Gasteiger partial charge in [0.2, 0.25) is 0 Å². The van der Waals surface area contributed by atoms with E-state index < -0.39 is 11.8 Å². The van der Waals surface area contributed by atoms with Crippen LogP contribution < -0.4 is 10.6 Å². The number of amides is 2. The Morgan fingerprint density at radius 3 is 3.00 bits per heavy atom. The minimum Gasteiger partial charge on any atom is -0.459 e. The molecule has 0 unspecified atom stereocenters. The number of H-pyrrole nitrogens is 1. The number of nitrogens with zero attached hydrogens (tertiary/aromatic N) is 2. The highest BCUT2D eigenvalue weighted by Crippen LogP contribution is 2.13. The van der Waals surface area contributed by atoms with Gasteiger partial charge in [0.15, 0.2) is 11.5 Å². The van der Waals surface area contributed by atoms with E-state index >= 15 is 0 Å². The molecule has 102 valence electrons. The summed E-state index contributed by atoms with van der Waals surface area (Å²) in [5.74, 6) is -0.833. The molecular formula is C12H11N5O3. The maximum absolute atomic E-state index is 11.8. The molecule has 2 rings (SSSR count). The summed E-state index contributed by atoms with van der Waals surface area (Å²) in [7, 11) is 0. The van der Waals surface area contributed by atoms with E-state index in [2.05, 4.69) is 20.8 Å². The zero-order chi connectivity index (χ0) is 14.4. The molecule has 0 aliphatic heterocycles. The van der Waals surface area contributed by atoms with Crippen LogP contribution in [0.1, 0.15) is 27.5 Å². The van der Waals surface area contributed by atoms with Crippen LogP contribution in [0.5, 0.6) is 0 Å². The lowest BCUT2D eigenvalue weighted by atomic mass is 10.3. The highest BCUT2D eigenvalue weighted by molar-refractivity contribution is 6.06. The number of anilines is 1. The van der Waals surface area contributed by atoms with Crippen molar-refractivity contribution in [1.29, 1.82) is 5.26 Å².